The standard InChI is InChI=1S/C11H10BrFO3/c1-6(11(15)16)4-10(14)8-3-2-7(12)5-9(8)13/h2-3,5-6H,4H2,1H3,(H,15,16). The maximum atomic E-state index is 13.4. The van der Waals surface area contributed by atoms with Crippen LogP contribution in [0, 0.1) is 11.7 Å². The predicted molar refractivity (Wildman–Crippen MR) is 59.8 cm³/mol. The van der Waals surface area contributed by atoms with Crippen molar-refractivity contribution in [2.75, 3.05) is 0 Å². The molecule has 16 heavy (non-hydrogen) atoms. The highest BCUT2D eigenvalue weighted by Gasteiger charge is 2.19. The van der Waals surface area contributed by atoms with Crippen LogP contribution in [0.1, 0.15) is 23.7 Å². The normalized spacial score (nSPS) is 12.2. The summed E-state index contributed by atoms with van der Waals surface area (Å²) in [5.41, 5.74) is -0.0729. The fourth-order valence-corrected chi connectivity index (χ4v) is 1.52. The largest absolute Gasteiger partial charge is 0.481 e. The summed E-state index contributed by atoms with van der Waals surface area (Å²) in [6.07, 6.45) is -0.201. The number of carboxylic acids is 1. The summed E-state index contributed by atoms with van der Waals surface area (Å²) in [4.78, 5) is 22.1. The minimum absolute atomic E-state index is 0.0729. The van der Waals surface area contributed by atoms with Crippen LogP contribution < -0.4 is 0 Å². The molecule has 1 aromatic carbocycles. The second-order valence-electron chi connectivity index (χ2n) is 3.49. The Hall–Kier alpha value is -1.23. The Morgan fingerprint density at radius 3 is 2.62 bits per heavy atom. The smallest absolute Gasteiger partial charge is 0.306 e. The summed E-state index contributed by atoms with van der Waals surface area (Å²) in [6, 6.07) is 4.07. The van der Waals surface area contributed by atoms with Gasteiger partial charge >= 0.3 is 5.97 Å². The van der Waals surface area contributed by atoms with Gasteiger partial charge in [-0.15, -0.1) is 0 Å². The average Bonchev–Trinajstić information content (AvgIpc) is 2.16. The lowest BCUT2D eigenvalue weighted by Gasteiger charge is -2.06. The van der Waals surface area contributed by atoms with E-state index in [0.717, 1.165) is 0 Å². The Kier molecular flexibility index (Phi) is 4.18. The third-order valence-electron chi connectivity index (χ3n) is 2.14. The molecule has 1 N–H and O–H groups in total. The third kappa shape index (κ3) is 3.13. The van der Waals surface area contributed by atoms with Crippen molar-refractivity contribution in [1.82, 2.24) is 0 Å². The molecular formula is C11H10BrFO3. The molecule has 0 aliphatic carbocycles. The summed E-state index contributed by atoms with van der Waals surface area (Å²) in [7, 11) is 0. The molecule has 0 fully saturated rings. The molecule has 1 rings (SSSR count). The molecule has 0 aliphatic rings. The molecule has 0 amide bonds. The van der Waals surface area contributed by atoms with Crippen molar-refractivity contribution in [3.8, 4) is 0 Å². The van der Waals surface area contributed by atoms with Gasteiger partial charge in [-0.1, -0.05) is 22.9 Å². The fourth-order valence-electron chi connectivity index (χ4n) is 1.19. The van der Waals surface area contributed by atoms with Gasteiger partial charge in [-0.2, -0.15) is 0 Å². The van der Waals surface area contributed by atoms with E-state index in [1.807, 2.05) is 0 Å². The molecule has 5 heteroatoms. The molecule has 0 saturated carbocycles. The van der Waals surface area contributed by atoms with E-state index >= 15 is 0 Å². The molecule has 0 saturated heterocycles. The summed E-state index contributed by atoms with van der Waals surface area (Å²) < 4.78 is 13.9. The first-order valence-corrected chi connectivity index (χ1v) is 5.42. The van der Waals surface area contributed by atoms with Gasteiger partial charge in [0, 0.05) is 10.9 Å². The van der Waals surface area contributed by atoms with Gasteiger partial charge in [-0.05, 0) is 18.2 Å². The van der Waals surface area contributed by atoms with E-state index in [-0.39, 0.29) is 12.0 Å². The number of aliphatic carboxylic acids is 1. The number of benzene rings is 1. The van der Waals surface area contributed by atoms with Gasteiger partial charge in [0.05, 0.1) is 11.5 Å². The number of hydrogen-bond acceptors (Lipinski definition) is 2. The first kappa shape index (κ1) is 12.8. The average molecular weight is 289 g/mol. The molecule has 3 nitrogen and oxygen atoms in total. The second kappa shape index (κ2) is 5.21. The Morgan fingerprint density at radius 1 is 1.50 bits per heavy atom. The van der Waals surface area contributed by atoms with E-state index in [0.29, 0.717) is 4.47 Å². The topological polar surface area (TPSA) is 54.4 Å². The predicted octanol–water partition coefficient (Wildman–Crippen LogP) is 2.88. The van der Waals surface area contributed by atoms with Crippen molar-refractivity contribution in [2.24, 2.45) is 5.92 Å². The molecule has 0 aliphatic heterocycles. The molecular weight excluding hydrogens is 279 g/mol. The van der Waals surface area contributed by atoms with E-state index in [4.69, 9.17) is 5.11 Å². The minimum atomic E-state index is -1.06. The van der Waals surface area contributed by atoms with Crippen molar-refractivity contribution >= 4 is 27.7 Å². The van der Waals surface area contributed by atoms with Gasteiger partial charge in [-0.25, -0.2) is 4.39 Å². The third-order valence-corrected chi connectivity index (χ3v) is 2.64. The Labute approximate surface area is 100 Å². The first-order valence-electron chi connectivity index (χ1n) is 4.63. The zero-order valence-electron chi connectivity index (χ0n) is 8.54. The summed E-state index contributed by atoms with van der Waals surface area (Å²) in [5.74, 6) is -3.02. The van der Waals surface area contributed by atoms with Gasteiger partial charge in [0.1, 0.15) is 5.82 Å². The number of halogens is 2. The number of ketones is 1. The van der Waals surface area contributed by atoms with Crippen LogP contribution in [0.3, 0.4) is 0 Å². The van der Waals surface area contributed by atoms with Crippen molar-refractivity contribution in [2.45, 2.75) is 13.3 Å². The van der Waals surface area contributed by atoms with Crippen molar-refractivity contribution in [3.63, 3.8) is 0 Å². The van der Waals surface area contributed by atoms with Crippen LogP contribution in [-0.4, -0.2) is 16.9 Å². The fraction of sp³-hybridized carbons (Fsp3) is 0.273. The molecule has 0 aromatic heterocycles. The maximum absolute atomic E-state index is 13.4. The number of carboxylic acid groups (broad SMARTS) is 1. The van der Waals surface area contributed by atoms with Gasteiger partial charge in [0.15, 0.2) is 5.78 Å². The number of carbonyl (C=O) groups excluding carboxylic acids is 1. The zero-order chi connectivity index (χ0) is 12.3. The van der Waals surface area contributed by atoms with Crippen molar-refractivity contribution in [1.29, 1.82) is 0 Å². The van der Waals surface area contributed by atoms with E-state index in [1.54, 1.807) is 6.07 Å². The van der Waals surface area contributed by atoms with E-state index in [2.05, 4.69) is 15.9 Å². The molecule has 1 unspecified atom stereocenters. The molecule has 0 radical (unpaired) electrons. The molecule has 1 atom stereocenters. The van der Waals surface area contributed by atoms with Crippen LogP contribution >= 0.6 is 15.9 Å². The van der Waals surface area contributed by atoms with Crippen molar-refractivity contribution < 1.29 is 19.1 Å². The summed E-state index contributed by atoms with van der Waals surface area (Å²) in [5, 5.41) is 8.64. The van der Waals surface area contributed by atoms with Crippen LogP contribution in [0.25, 0.3) is 0 Å². The first-order chi connectivity index (χ1) is 7.41. The van der Waals surface area contributed by atoms with Gasteiger partial charge in [0.2, 0.25) is 0 Å². The SMILES string of the molecule is CC(CC(=O)c1ccc(Br)cc1F)C(=O)O. The molecule has 0 bridgehead atoms. The van der Waals surface area contributed by atoms with Crippen LogP contribution in [0.2, 0.25) is 0 Å². The molecule has 0 heterocycles. The molecule has 86 valence electrons. The van der Waals surface area contributed by atoms with Crippen LogP contribution in [0.4, 0.5) is 4.39 Å². The molecule has 1 aromatic rings. The van der Waals surface area contributed by atoms with E-state index in [9.17, 15) is 14.0 Å². The Morgan fingerprint density at radius 2 is 2.12 bits per heavy atom. The Bertz CT molecular complexity index is 431. The van der Waals surface area contributed by atoms with Gasteiger partial charge < -0.3 is 5.11 Å². The second-order valence-corrected chi connectivity index (χ2v) is 4.41. The highest BCUT2D eigenvalue weighted by molar-refractivity contribution is 9.10. The molecule has 0 spiro atoms. The van der Waals surface area contributed by atoms with Crippen LogP contribution in [-0.2, 0) is 4.79 Å². The monoisotopic (exact) mass is 288 g/mol. The maximum Gasteiger partial charge on any atom is 0.306 e. The van der Waals surface area contributed by atoms with Gasteiger partial charge in [-0.3, -0.25) is 9.59 Å². The highest BCUT2D eigenvalue weighted by Crippen LogP contribution is 2.18. The zero-order valence-corrected chi connectivity index (χ0v) is 10.1. The quantitative estimate of drug-likeness (QED) is 0.867. The van der Waals surface area contributed by atoms with E-state index < -0.39 is 23.5 Å². The minimum Gasteiger partial charge on any atom is -0.481 e. The lowest BCUT2D eigenvalue weighted by atomic mass is 10.00. The summed E-state index contributed by atoms with van der Waals surface area (Å²) in [6.45, 7) is 1.41. The summed E-state index contributed by atoms with van der Waals surface area (Å²) >= 11 is 3.07. The van der Waals surface area contributed by atoms with Crippen LogP contribution in [0.5, 0.6) is 0 Å². The number of carbonyl (C=O) groups is 2. The number of rotatable bonds is 4. The number of Topliss-reactive ketones (excluding diaryl/α,β-unsaturated/α-hetero) is 1. The Balaban J connectivity index is 2.85. The number of hydrogen-bond donors (Lipinski definition) is 1. The highest BCUT2D eigenvalue weighted by atomic mass is 79.9. The van der Waals surface area contributed by atoms with E-state index in [1.165, 1.54) is 19.1 Å². The lowest BCUT2D eigenvalue weighted by Crippen LogP contribution is -2.15. The lowest BCUT2D eigenvalue weighted by molar-refractivity contribution is -0.141. The van der Waals surface area contributed by atoms with Crippen LogP contribution in [0.15, 0.2) is 22.7 Å². The van der Waals surface area contributed by atoms with Gasteiger partial charge in [0.25, 0.3) is 0 Å². The van der Waals surface area contributed by atoms with Crippen molar-refractivity contribution in [3.05, 3.63) is 34.1 Å².